The molecule has 0 aromatic heterocycles. The van der Waals surface area contributed by atoms with Gasteiger partial charge in [-0.15, -0.1) is 0 Å². The minimum Gasteiger partial charge on any atom is -0.398 e. The Morgan fingerprint density at radius 1 is 1.10 bits per heavy atom. The van der Waals surface area contributed by atoms with E-state index in [4.69, 9.17) is 18.1 Å². The van der Waals surface area contributed by atoms with Crippen LogP contribution in [0.5, 0.6) is 0 Å². The Labute approximate surface area is 63.0 Å². The summed E-state index contributed by atoms with van der Waals surface area (Å²) in [5.74, 6) is 0. The van der Waals surface area contributed by atoms with Gasteiger partial charge >= 0.3 is 17.4 Å². The van der Waals surface area contributed by atoms with Crippen LogP contribution < -0.4 is 0 Å². The van der Waals surface area contributed by atoms with Crippen LogP contribution in [0.15, 0.2) is 0 Å². The second kappa shape index (κ2) is 3.12. The van der Waals surface area contributed by atoms with Gasteiger partial charge in [-0.2, -0.15) is 0 Å². The van der Waals surface area contributed by atoms with E-state index in [0.29, 0.717) is 0 Å². The fraction of sp³-hybridized carbons (Fsp3) is 1.00. The van der Waals surface area contributed by atoms with Crippen LogP contribution in [0.25, 0.3) is 0 Å². The summed E-state index contributed by atoms with van der Waals surface area (Å²) < 4.78 is 9.89. The Morgan fingerprint density at radius 3 is 1.60 bits per heavy atom. The monoisotopic (exact) mass is 182 g/mol. The zero-order valence-electron chi connectivity index (χ0n) is 6.71. The highest BCUT2D eigenvalue weighted by atomic mass is 28.5. The van der Waals surface area contributed by atoms with Gasteiger partial charge < -0.3 is 18.1 Å². The highest BCUT2D eigenvalue weighted by molar-refractivity contribution is 6.75. The predicted octanol–water partition coefficient (Wildman–Crippen LogP) is -0.0955. The smallest absolute Gasteiger partial charge is 0.398 e. The maximum absolute atomic E-state index is 8.91. The van der Waals surface area contributed by atoms with Crippen molar-refractivity contribution in [1.82, 2.24) is 0 Å². The quantitative estimate of drug-likeness (QED) is 0.599. The third-order valence-corrected chi connectivity index (χ3v) is 5.43. The lowest BCUT2D eigenvalue weighted by Gasteiger charge is -2.25. The Hall–Kier alpha value is 0.274. The average molecular weight is 182 g/mol. The molecule has 0 aromatic carbocycles. The molecule has 0 bridgehead atoms. The zero-order chi connectivity index (χ0) is 8.41. The Morgan fingerprint density at radius 2 is 1.50 bits per heavy atom. The van der Waals surface area contributed by atoms with Gasteiger partial charge in [0.15, 0.2) is 0 Å². The van der Waals surface area contributed by atoms with Crippen LogP contribution in [-0.2, 0) is 8.54 Å². The van der Waals surface area contributed by atoms with E-state index in [1.54, 1.807) is 13.1 Å². The van der Waals surface area contributed by atoms with Gasteiger partial charge in [0.05, 0.1) is 0 Å². The lowest BCUT2D eigenvalue weighted by molar-refractivity contribution is 0.204. The highest BCUT2D eigenvalue weighted by Crippen LogP contribution is 2.09. The van der Waals surface area contributed by atoms with Gasteiger partial charge in [0.2, 0.25) is 0 Å². The largest absolute Gasteiger partial charge is 0.483 e. The van der Waals surface area contributed by atoms with Crippen LogP contribution in [0, 0.1) is 0 Å². The fourth-order valence-corrected chi connectivity index (χ4v) is 4.57. The molecule has 10 heavy (non-hydrogen) atoms. The van der Waals surface area contributed by atoms with E-state index >= 15 is 0 Å². The van der Waals surface area contributed by atoms with Crippen LogP contribution >= 0.6 is 0 Å². The molecule has 0 aliphatic heterocycles. The van der Waals surface area contributed by atoms with Gasteiger partial charge in [-0.1, -0.05) is 0 Å². The molecule has 0 atom stereocenters. The second-order valence-corrected chi connectivity index (χ2v) is 8.53. The van der Waals surface area contributed by atoms with Gasteiger partial charge in [-0.3, -0.25) is 0 Å². The summed E-state index contributed by atoms with van der Waals surface area (Å²) in [6.45, 7) is 4.80. The van der Waals surface area contributed by atoms with Crippen molar-refractivity contribution in [3.8, 4) is 0 Å². The molecule has 0 saturated carbocycles. The van der Waals surface area contributed by atoms with Crippen LogP contribution in [-0.4, -0.2) is 34.1 Å². The first-order valence-corrected chi connectivity index (χ1v) is 8.09. The summed E-state index contributed by atoms with van der Waals surface area (Å²) in [6, 6.07) is 0. The summed E-state index contributed by atoms with van der Waals surface area (Å²) in [5, 5.41) is 0. The van der Waals surface area contributed by atoms with Crippen molar-refractivity contribution in [3.05, 3.63) is 0 Å². The molecule has 6 heteroatoms. The van der Waals surface area contributed by atoms with Crippen LogP contribution in [0.4, 0.5) is 0 Å². The van der Waals surface area contributed by atoms with Gasteiger partial charge in [-0.25, -0.2) is 0 Å². The predicted molar refractivity (Wildman–Crippen MR) is 41.6 cm³/mol. The minimum absolute atomic E-state index is 1.29. The number of hydrogen-bond acceptors (Lipinski definition) is 4. The first kappa shape index (κ1) is 10.3. The molecule has 0 heterocycles. The molecule has 0 fully saturated rings. The van der Waals surface area contributed by atoms with E-state index in [1.165, 1.54) is 13.7 Å². The van der Waals surface area contributed by atoms with E-state index in [1.807, 2.05) is 0 Å². The summed E-state index contributed by atoms with van der Waals surface area (Å²) in [7, 11) is -4.12. The van der Waals surface area contributed by atoms with Crippen LogP contribution in [0.3, 0.4) is 0 Å². The van der Waals surface area contributed by atoms with Crippen molar-refractivity contribution in [2.24, 2.45) is 0 Å². The first-order valence-electron chi connectivity index (χ1n) is 2.97. The Balaban J connectivity index is 3.89. The van der Waals surface area contributed by atoms with Gasteiger partial charge in [0.25, 0.3) is 0 Å². The van der Waals surface area contributed by atoms with Gasteiger partial charge in [-0.05, 0) is 13.1 Å². The van der Waals surface area contributed by atoms with E-state index in [9.17, 15) is 0 Å². The molecular weight excluding hydrogens is 168 g/mol. The van der Waals surface area contributed by atoms with Crippen molar-refractivity contribution in [3.63, 3.8) is 0 Å². The number of rotatable bonds is 3. The van der Waals surface area contributed by atoms with E-state index in [-0.39, 0.29) is 0 Å². The molecular formula is C4H14O4Si2. The van der Waals surface area contributed by atoms with E-state index in [2.05, 4.69) is 0 Å². The maximum Gasteiger partial charge on any atom is 0.483 e. The van der Waals surface area contributed by atoms with Crippen molar-refractivity contribution in [1.29, 1.82) is 0 Å². The minimum atomic E-state index is -3.38. The van der Waals surface area contributed by atoms with Crippen molar-refractivity contribution < 1.29 is 18.1 Å². The molecule has 4 nitrogen and oxygen atoms in total. The molecule has 0 aromatic rings. The highest BCUT2D eigenvalue weighted by Gasteiger charge is 2.35. The van der Waals surface area contributed by atoms with Crippen LogP contribution in [0.2, 0.25) is 19.6 Å². The number of hydrogen-bond donors (Lipinski definition) is 2. The van der Waals surface area contributed by atoms with Crippen molar-refractivity contribution in [2.45, 2.75) is 19.6 Å². The average Bonchev–Trinajstić information content (AvgIpc) is 1.60. The molecule has 0 saturated heterocycles. The molecule has 0 amide bonds. The summed E-state index contributed by atoms with van der Waals surface area (Å²) in [6.07, 6.45) is 0. The molecule has 0 radical (unpaired) electrons. The summed E-state index contributed by atoms with van der Waals surface area (Å²) in [5.41, 5.74) is 0. The molecule has 0 aliphatic rings. The fourth-order valence-electron chi connectivity index (χ4n) is 0.507. The van der Waals surface area contributed by atoms with Gasteiger partial charge in [0, 0.05) is 13.7 Å². The standard InChI is InChI=1S/C4H14O4Si2/c1-7-9(2,3)8-10(4,5)6/h5-6H,1-4H3. The first-order chi connectivity index (χ1) is 4.27. The Kier molecular flexibility index (Phi) is 3.20. The summed E-state index contributed by atoms with van der Waals surface area (Å²) in [4.78, 5) is 17.8. The van der Waals surface area contributed by atoms with Crippen molar-refractivity contribution >= 4 is 17.4 Å². The molecule has 2 N–H and O–H groups in total. The molecule has 0 unspecified atom stereocenters. The second-order valence-electron chi connectivity index (χ2n) is 2.64. The Bertz CT molecular complexity index is 108. The topological polar surface area (TPSA) is 58.9 Å². The van der Waals surface area contributed by atoms with E-state index in [0.717, 1.165) is 0 Å². The molecule has 0 spiro atoms. The summed E-state index contributed by atoms with van der Waals surface area (Å²) >= 11 is 0. The zero-order valence-corrected chi connectivity index (χ0v) is 8.71. The molecule has 62 valence electrons. The van der Waals surface area contributed by atoms with Gasteiger partial charge in [0.1, 0.15) is 0 Å². The SMILES string of the molecule is CO[Si](C)(C)O[Si](C)(O)O. The third-order valence-electron chi connectivity index (χ3n) is 0.931. The lowest BCUT2D eigenvalue weighted by Crippen LogP contribution is -2.48. The van der Waals surface area contributed by atoms with Crippen molar-refractivity contribution in [2.75, 3.05) is 7.11 Å². The maximum atomic E-state index is 8.91. The molecule has 0 rings (SSSR count). The third kappa shape index (κ3) is 5.09. The van der Waals surface area contributed by atoms with Crippen LogP contribution in [0.1, 0.15) is 0 Å². The lowest BCUT2D eigenvalue weighted by atomic mass is 11.8. The molecule has 0 aliphatic carbocycles. The van der Waals surface area contributed by atoms with E-state index < -0.39 is 17.4 Å². The normalized spacial score (nSPS) is 13.8.